The van der Waals surface area contributed by atoms with Gasteiger partial charge in [0, 0.05) is 46.4 Å². The number of aromatic nitrogens is 5. The number of pyridine rings is 1. The zero-order valence-corrected chi connectivity index (χ0v) is 23.6. The lowest BCUT2D eigenvalue weighted by Crippen LogP contribution is -2.36. The molecule has 4 aromatic rings. The smallest absolute Gasteiger partial charge is 0.411 e. The predicted octanol–water partition coefficient (Wildman–Crippen LogP) is 4.50. The van der Waals surface area contributed by atoms with Crippen LogP contribution < -0.4 is 16.0 Å². The first-order valence-corrected chi connectivity index (χ1v) is 13.7. The summed E-state index contributed by atoms with van der Waals surface area (Å²) in [5.74, 6) is -0.607. The number of carbonyl (C=O) groups excluding carboxylic acids is 3. The standard InChI is InChI=1S/C30H25ClN8O4/c1-43-29(42)34-22-7-8-23-18-11-12-32-26(14-18)30(16-20(30)3-2-4-27(40)35-24(23)15-22)36-28(41)10-5-19-13-21(31)6-9-25(19)39-17-33-37-38-39/h2-3,5-15,17,20H,4,16H2,1H3,(H,34,42)(H,35,40)(H,36,41)/b3-2+,10-5+/t20-,30?/m1/s1. The average molecular weight is 597 g/mol. The van der Waals surface area contributed by atoms with Crippen molar-refractivity contribution in [3.63, 3.8) is 0 Å². The fourth-order valence-corrected chi connectivity index (χ4v) is 5.30. The molecule has 0 saturated heterocycles. The second-order valence-electron chi connectivity index (χ2n) is 10.0. The van der Waals surface area contributed by atoms with Crippen molar-refractivity contribution in [1.82, 2.24) is 30.5 Å². The fraction of sp³-hybridized carbons (Fsp3) is 0.167. The van der Waals surface area contributed by atoms with Crippen LogP contribution in [0.25, 0.3) is 22.9 Å². The third-order valence-electron chi connectivity index (χ3n) is 7.29. The van der Waals surface area contributed by atoms with Crippen LogP contribution in [0.4, 0.5) is 16.2 Å². The summed E-state index contributed by atoms with van der Waals surface area (Å²) in [6, 6.07) is 14.1. The lowest BCUT2D eigenvalue weighted by molar-refractivity contribution is -0.117. The van der Waals surface area contributed by atoms with Crippen molar-refractivity contribution in [1.29, 1.82) is 0 Å². The van der Waals surface area contributed by atoms with Gasteiger partial charge in [0.2, 0.25) is 11.8 Å². The molecule has 0 radical (unpaired) electrons. The van der Waals surface area contributed by atoms with Gasteiger partial charge in [-0.25, -0.2) is 4.79 Å². The Morgan fingerprint density at radius 3 is 2.88 bits per heavy atom. The third kappa shape index (κ3) is 5.86. The molecule has 43 heavy (non-hydrogen) atoms. The fourth-order valence-electron chi connectivity index (χ4n) is 5.12. The molecule has 3 N–H and O–H groups in total. The number of anilines is 2. The maximum Gasteiger partial charge on any atom is 0.411 e. The molecular formula is C30H25ClN8O4. The van der Waals surface area contributed by atoms with Gasteiger partial charge in [-0.15, -0.1) is 5.10 Å². The predicted molar refractivity (Wildman–Crippen MR) is 159 cm³/mol. The van der Waals surface area contributed by atoms with E-state index < -0.39 is 11.6 Å². The van der Waals surface area contributed by atoms with Crippen LogP contribution in [0, 0.1) is 5.92 Å². The minimum Gasteiger partial charge on any atom is -0.453 e. The maximum atomic E-state index is 13.3. The number of amides is 3. The van der Waals surface area contributed by atoms with Gasteiger partial charge >= 0.3 is 6.09 Å². The van der Waals surface area contributed by atoms with E-state index in [0.717, 1.165) is 11.1 Å². The van der Waals surface area contributed by atoms with Gasteiger partial charge in [-0.3, -0.25) is 19.9 Å². The van der Waals surface area contributed by atoms with E-state index in [-0.39, 0.29) is 24.2 Å². The number of nitrogens with zero attached hydrogens (tertiary/aromatic N) is 5. The van der Waals surface area contributed by atoms with Crippen LogP contribution >= 0.6 is 11.6 Å². The highest BCUT2D eigenvalue weighted by molar-refractivity contribution is 6.30. The summed E-state index contributed by atoms with van der Waals surface area (Å²) in [6.07, 6.45) is 10.1. The quantitative estimate of drug-likeness (QED) is 0.225. The van der Waals surface area contributed by atoms with Crippen molar-refractivity contribution in [3.8, 4) is 16.8 Å². The largest absolute Gasteiger partial charge is 0.453 e. The molecule has 13 heteroatoms. The van der Waals surface area contributed by atoms with Crippen molar-refractivity contribution in [2.75, 3.05) is 17.7 Å². The summed E-state index contributed by atoms with van der Waals surface area (Å²) >= 11 is 6.22. The van der Waals surface area contributed by atoms with Gasteiger partial charge in [0.25, 0.3) is 0 Å². The molecule has 1 fully saturated rings. The summed E-state index contributed by atoms with van der Waals surface area (Å²) in [5.41, 5.74) is 3.73. The molecule has 2 aromatic carbocycles. The van der Waals surface area contributed by atoms with Gasteiger partial charge in [0.15, 0.2) is 0 Å². The number of tetrazole rings is 1. The zero-order valence-electron chi connectivity index (χ0n) is 22.8. The first-order valence-electron chi connectivity index (χ1n) is 13.3. The van der Waals surface area contributed by atoms with Gasteiger partial charge < -0.3 is 15.4 Å². The van der Waals surface area contributed by atoms with Crippen molar-refractivity contribution in [2.24, 2.45) is 5.92 Å². The van der Waals surface area contributed by atoms with Crippen LogP contribution in [-0.2, 0) is 19.9 Å². The Bertz CT molecular complexity index is 1790. The molecule has 0 spiro atoms. The van der Waals surface area contributed by atoms with Crippen LogP contribution in [0.15, 0.2) is 79.3 Å². The molecule has 1 aliphatic carbocycles. The van der Waals surface area contributed by atoms with Crippen molar-refractivity contribution in [3.05, 3.63) is 95.6 Å². The summed E-state index contributed by atoms with van der Waals surface area (Å²) in [5, 5.41) is 20.5. The Balaban J connectivity index is 1.32. The number of nitrogens with one attached hydrogen (secondary N) is 3. The molecule has 1 unspecified atom stereocenters. The van der Waals surface area contributed by atoms with Crippen LogP contribution in [0.2, 0.25) is 5.02 Å². The maximum absolute atomic E-state index is 13.3. The lowest BCUT2D eigenvalue weighted by atomic mass is 9.99. The third-order valence-corrected chi connectivity index (χ3v) is 7.52. The second-order valence-corrected chi connectivity index (χ2v) is 10.5. The lowest BCUT2D eigenvalue weighted by Gasteiger charge is -2.20. The highest BCUT2D eigenvalue weighted by Crippen LogP contribution is 2.53. The Hall–Kier alpha value is -5.36. The van der Waals surface area contributed by atoms with Crippen molar-refractivity contribution < 1.29 is 19.1 Å². The van der Waals surface area contributed by atoms with Crippen molar-refractivity contribution in [2.45, 2.75) is 18.4 Å². The number of hydrogen-bond acceptors (Lipinski definition) is 8. The van der Waals surface area contributed by atoms with E-state index in [2.05, 4.69) is 41.2 Å². The number of methoxy groups -OCH3 is 1. The summed E-state index contributed by atoms with van der Waals surface area (Å²) < 4.78 is 6.17. The Kier molecular flexibility index (Phi) is 7.43. The molecule has 2 aromatic heterocycles. The van der Waals surface area contributed by atoms with Crippen LogP contribution in [0.3, 0.4) is 0 Å². The molecule has 2 bridgehead atoms. The summed E-state index contributed by atoms with van der Waals surface area (Å²) in [7, 11) is 1.27. The first kappa shape index (κ1) is 27.8. The van der Waals surface area contributed by atoms with E-state index in [0.29, 0.717) is 39.8 Å². The van der Waals surface area contributed by atoms with Gasteiger partial charge in [0.05, 0.1) is 29.7 Å². The van der Waals surface area contributed by atoms with E-state index in [1.54, 1.807) is 54.7 Å². The molecule has 3 amide bonds. The molecular weight excluding hydrogens is 572 g/mol. The molecule has 1 saturated carbocycles. The number of fused-ring (bicyclic) bond motifs is 6. The Morgan fingerprint density at radius 1 is 1.19 bits per heavy atom. The molecule has 1 aliphatic heterocycles. The van der Waals surface area contributed by atoms with E-state index in [1.807, 2.05) is 18.2 Å². The molecule has 6 rings (SSSR count). The highest BCUT2D eigenvalue weighted by atomic mass is 35.5. The minimum atomic E-state index is -0.761. The number of halogens is 1. The van der Waals surface area contributed by atoms with E-state index in [4.69, 9.17) is 11.6 Å². The molecule has 12 nitrogen and oxygen atoms in total. The summed E-state index contributed by atoms with van der Waals surface area (Å²) in [4.78, 5) is 42.5. The number of ether oxygens (including phenoxy) is 1. The molecule has 216 valence electrons. The highest BCUT2D eigenvalue weighted by Gasteiger charge is 2.56. The van der Waals surface area contributed by atoms with E-state index in [1.165, 1.54) is 24.2 Å². The van der Waals surface area contributed by atoms with Crippen LogP contribution in [0.1, 0.15) is 24.1 Å². The van der Waals surface area contributed by atoms with Gasteiger partial charge in [-0.05, 0) is 71.0 Å². The van der Waals surface area contributed by atoms with Gasteiger partial charge in [-0.1, -0.05) is 29.8 Å². The first-order chi connectivity index (χ1) is 20.8. The molecule has 3 heterocycles. The zero-order chi connectivity index (χ0) is 30.0. The Morgan fingerprint density at radius 2 is 2.07 bits per heavy atom. The van der Waals surface area contributed by atoms with Gasteiger partial charge in [-0.2, -0.15) is 4.68 Å². The van der Waals surface area contributed by atoms with Crippen LogP contribution in [-0.4, -0.2) is 50.2 Å². The minimum absolute atomic E-state index is 0.0612. The number of hydrogen-bond donors (Lipinski definition) is 3. The number of rotatable bonds is 5. The monoisotopic (exact) mass is 596 g/mol. The average Bonchev–Trinajstić information content (AvgIpc) is 3.40. The summed E-state index contributed by atoms with van der Waals surface area (Å²) in [6.45, 7) is 0. The second kappa shape index (κ2) is 11.5. The van der Waals surface area contributed by atoms with Crippen molar-refractivity contribution >= 4 is 47.0 Å². The number of benzene rings is 2. The SMILES string of the molecule is COC(=O)Nc1ccc2c(c1)NC(=O)C/C=C/[C@@H]1CC1(NC(=O)/C=C/c1cc(Cl)ccc1-n1cnnn1)c1cc-2ccn1. The molecule has 2 atom stereocenters. The number of carbonyl (C=O) groups is 3. The Labute approximate surface area is 250 Å². The van der Waals surface area contributed by atoms with E-state index in [9.17, 15) is 14.4 Å². The topological polar surface area (TPSA) is 153 Å². The molecule has 2 aliphatic rings. The van der Waals surface area contributed by atoms with Crippen LogP contribution in [0.5, 0.6) is 0 Å². The van der Waals surface area contributed by atoms with Gasteiger partial charge in [0.1, 0.15) is 6.33 Å². The normalized spacial score (nSPS) is 19.6. The van der Waals surface area contributed by atoms with E-state index >= 15 is 0 Å².